The Morgan fingerprint density at radius 2 is 1.96 bits per heavy atom. The van der Waals surface area contributed by atoms with Gasteiger partial charge in [-0.2, -0.15) is 4.98 Å². The molecule has 4 rings (SSSR count). The molecule has 26 heavy (non-hydrogen) atoms. The molecule has 1 fully saturated rings. The monoisotopic (exact) mass is 370 g/mol. The minimum atomic E-state index is 0.421. The number of thioether (sulfide) groups is 1. The van der Waals surface area contributed by atoms with Crippen LogP contribution in [-0.2, 0) is 5.75 Å². The lowest BCUT2D eigenvalue weighted by molar-refractivity contribution is 0.391. The van der Waals surface area contributed by atoms with Gasteiger partial charge in [-0.1, -0.05) is 67.9 Å². The molecule has 2 heterocycles. The topological polar surface area (TPSA) is 82.5 Å². The van der Waals surface area contributed by atoms with Crippen molar-refractivity contribution in [2.75, 3.05) is 0 Å². The van der Waals surface area contributed by atoms with Crippen molar-refractivity contribution in [2.24, 2.45) is 0 Å². The van der Waals surface area contributed by atoms with Crippen molar-refractivity contribution >= 4 is 11.8 Å². The zero-order chi connectivity index (χ0) is 17.9. The maximum atomic E-state index is 5.40. The molecule has 1 saturated carbocycles. The summed E-state index contributed by atoms with van der Waals surface area (Å²) < 4.78 is 7.34. The van der Waals surface area contributed by atoms with Crippen molar-refractivity contribution in [2.45, 2.75) is 62.4 Å². The van der Waals surface area contributed by atoms with E-state index in [4.69, 9.17) is 4.52 Å². The van der Waals surface area contributed by atoms with Gasteiger partial charge >= 0.3 is 0 Å². The Hall–Kier alpha value is -2.22. The van der Waals surface area contributed by atoms with Gasteiger partial charge in [0, 0.05) is 5.56 Å². The Bertz CT molecular complexity index is 851. The molecule has 1 aromatic carbocycles. The van der Waals surface area contributed by atoms with E-state index in [1.165, 1.54) is 30.2 Å². The Labute approximate surface area is 156 Å². The molecule has 0 spiro atoms. The van der Waals surface area contributed by atoms with Gasteiger partial charge in [-0.3, -0.25) is 0 Å². The highest BCUT2D eigenvalue weighted by Crippen LogP contribution is 2.32. The van der Waals surface area contributed by atoms with E-state index in [2.05, 4.69) is 51.6 Å². The summed E-state index contributed by atoms with van der Waals surface area (Å²) in [5.74, 6) is 2.27. The zero-order valence-corrected chi connectivity index (χ0v) is 15.8. The van der Waals surface area contributed by atoms with Gasteiger partial charge in [-0.25, -0.2) is 4.68 Å². The smallest absolute Gasteiger partial charge is 0.237 e. The Morgan fingerprint density at radius 1 is 1.19 bits per heavy atom. The maximum Gasteiger partial charge on any atom is 0.237 e. The van der Waals surface area contributed by atoms with Crippen LogP contribution in [0.1, 0.15) is 62.9 Å². The second kappa shape index (κ2) is 7.57. The predicted octanol–water partition coefficient (Wildman–Crippen LogP) is 4.25. The highest BCUT2D eigenvalue weighted by Gasteiger charge is 2.22. The van der Waals surface area contributed by atoms with Gasteiger partial charge in [0.05, 0.1) is 11.8 Å². The molecule has 1 aliphatic rings. The van der Waals surface area contributed by atoms with Crippen LogP contribution in [0.4, 0.5) is 0 Å². The van der Waals surface area contributed by atoms with Gasteiger partial charge in [0.2, 0.25) is 16.9 Å². The maximum absolute atomic E-state index is 5.40. The first kappa shape index (κ1) is 17.2. The van der Waals surface area contributed by atoms with Crippen LogP contribution in [0.2, 0.25) is 0 Å². The molecule has 7 nitrogen and oxygen atoms in total. The number of hydrogen-bond acceptors (Lipinski definition) is 7. The van der Waals surface area contributed by atoms with Crippen LogP contribution < -0.4 is 0 Å². The average molecular weight is 370 g/mol. The van der Waals surface area contributed by atoms with Gasteiger partial charge in [0.25, 0.3) is 0 Å². The fourth-order valence-corrected chi connectivity index (χ4v) is 4.01. The van der Waals surface area contributed by atoms with E-state index in [-0.39, 0.29) is 0 Å². The lowest BCUT2D eigenvalue weighted by Crippen LogP contribution is -2.08. The van der Waals surface area contributed by atoms with Gasteiger partial charge in [-0.15, -0.1) is 5.10 Å². The number of aromatic nitrogens is 6. The minimum Gasteiger partial charge on any atom is -0.338 e. The van der Waals surface area contributed by atoms with Crippen LogP contribution in [-0.4, -0.2) is 30.3 Å². The number of nitrogens with zero attached hydrogens (tertiary/aromatic N) is 6. The van der Waals surface area contributed by atoms with Gasteiger partial charge in [0.15, 0.2) is 0 Å². The summed E-state index contributed by atoms with van der Waals surface area (Å²) in [7, 11) is 0. The van der Waals surface area contributed by atoms with Crippen LogP contribution in [0.25, 0.3) is 11.4 Å². The molecule has 0 amide bonds. The number of benzene rings is 1. The van der Waals surface area contributed by atoms with Crippen LogP contribution in [0.5, 0.6) is 0 Å². The highest BCUT2D eigenvalue weighted by molar-refractivity contribution is 7.98. The summed E-state index contributed by atoms with van der Waals surface area (Å²) in [6.07, 6.45) is 4.79. The normalized spacial score (nSPS) is 15.2. The first-order chi connectivity index (χ1) is 12.7. The average Bonchev–Trinajstić information content (AvgIpc) is 3.40. The molecule has 0 unspecified atom stereocenters. The van der Waals surface area contributed by atoms with Gasteiger partial charge < -0.3 is 4.52 Å². The van der Waals surface area contributed by atoms with Crippen molar-refractivity contribution in [3.05, 3.63) is 35.7 Å². The Balaban J connectivity index is 1.42. The molecule has 0 radical (unpaired) electrons. The summed E-state index contributed by atoms with van der Waals surface area (Å²) in [5.41, 5.74) is 2.26. The predicted molar refractivity (Wildman–Crippen MR) is 98.7 cm³/mol. The molecule has 0 N–H and O–H groups in total. The van der Waals surface area contributed by atoms with E-state index in [0.717, 1.165) is 23.6 Å². The molecule has 0 bridgehead atoms. The van der Waals surface area contributed by atoms with E-state index in [9.17, 15) is 0 Å². The van der Waals surface area contributed by atoms with E-state index in [1.54, 1.807) is 0 Å². The molecule has 0 aliphatic heterocycles. The minimum absolute atomic E-state index is 0.421. The number of tetrazole rings is 1. The molecule has 3 aromatic rings. The van der Waals surface area contributed by atoms with E-state index in [0.29, 0.717) is 29.4 Å². The zero-order valence-electron chi connectivity index (χ0n) is 15.0. The van der Waals surface area contributed by atoms with Crippen LogP contribution in [0.15, 0.2) is 33.9 Å². The molecular formula is C18H22N6OS. The van der Waals surface area contributed by atoms with Gasteiger partial charge in [-0.05, 0) is 34.7 Å². The Kier molecular flexibility index (Phi) is 5.01. The largest absolute Gasteiger partial charge is 0.338 e. The number of rotatable bonds is 6. The SMILES string of the molecule is CC(C)c1ccc(-c2noc(CSc3nnnn3C3CCCC3)n2)cc1. The Morgan fingerprint density at radius 3 is 2.69 bits per heavy atom. The van der Waals surface area contributed by atoms with Crippen molar-refractivity contribution in [3.8, 4) is 11.4 Å². The van der Waals surface area contributed by atoms with E-state index >= 15 is 0 Å². The van der Waals surface area contributed by atoms with Crippen molar-refractivity contribution in [3.63, 3.8) is 0 Å². The molecule has 2 aromatic heterocycles. The lowest BCUT2D eigenvalue weighted by Gasteiger charge is -2.09. The third kappa shape index (κ3) is 3.65. The second-order valence-corrected chi connectivity index (χ2v) is 7.86. The molecular weight excluding hydrogens is 348 g/mol. The lowest BCUT2D eigenvalue weighted by atomic mass is 10.0. The van der Waals surface area contributed by atoms with Crippen LogP contribution in [0.3, 0.4) is 0 Å². The first-order valence-electron chi connectivity index (χ1n) is 9.04. The molecule has 0 atom stereocenters. The van der Waals surface area contributed by atoms with Crippen LogP contribution in [0, 0.1) is 0 Å². The first-order valence-corrected chi connectivity index (χ1v) is 10.0. The fraction of sp³-hybridized carbons (Fsp3) is 0.500. The third-order valence-corrected chi connectivity index (χ3v) is 5.68. The summed E-state index contributed by atoms with van der Waals surface area (Å²) >= 11 is 1.54. The quantitative estimate of drug-likeness (QED) is 0.600. The van der Waals surface area contributed by atoms with Gasteiger partial charge in [0.1, 0.15) is 0 Å². The molecule has 1 aliphatic carbocycles. The van der Waals surface area contributed by atoms with Crippen molar-refractivity contribution in [1.29, 1.82) is 0 Å². The standard InChI is InChI=1S/C18H22N6OS/c1-12(2)13-7-9-14(10-8-13)17-19-16(25-21-17)11-26-18-20-22-23-24(18)15-5-3-4-6-15/h7-10,12,15H,3-6,11H2,1-2H3. The third-order valence-electron chi connectivity index (χ3n) is 4.76. The summed E-state index contributed by atoms with van der Waals surface area (Å²) in [4.78, 5) is 4.51. The molecule has 8 heteroatoms. The van der Waals surface area contributed by atoms with E-state index in [1.807, 2.05) is 16.8 Å². The summed E-state index contributed by atoms with van der Waals surface area (Å²) in [6.45, 7) is 4.36. The fourth-order valence-electron chi connectivity index (χ4n) is 3.23. The van der Waals surface area contributed by atoms with Crippen molar-refractivity contribution in [1.82, 2.24) is 30.3 Å². The molecule has 136 valence electrons. The molecule has 0 saturated heterocycles. The highest BCUT2D eigenvalue weighted by atomic mass is 32.2. The van der Waals surface area contributed by atoms with E-state index < -0.39 is 0 Å². The number of hydrogen-bond donors (Lipinski definition) is 0. The van der Waals surface area contributed by atoms with Crippen molar-refractivity contribution < 1.29 is 4.52 Å². The summed E-state index contributed by atoms with van der Waals surface area (Å²) in [5, 5.41) is 17.0. The summed E-state index contributed by atoms with van der Waals surface area (Å²) in [6, 6.07) is 8.72. The van der Waals surface area contributed by atoms with Crippen LogP contribution >= 0.6 is 11.8 Å². The second-order valence-electron chi connectivity index (χ2n) is 6.92.